The molecule has 0 amide bonds. The van der Waals surface area contributed by atoms with Crippen LogP contribution in [0.2, 0.25) is 0 Å². The van der Waals surface area contributed by atoms with Crippen LogP contribution in [0.1, 0.15) is 24.1 Å². The van der Waals surface area contributed by atoms with Crippen molar-refractivity contribution >= 4 is 0 Å². The summed E-state index contributed by atoms with van der Waals surface area (Å²) in [5, 5.41) is 0. The molecule has 3 rings (SSSR count). The van der Waals surface area contributed by atoms with Gasteiger partial charge < -0.3 is 0 Å². The van der Waals surface area contributed by atoms with Gasteiger partial charge in [0.05, 0.1) is 0 Å². The average Bonchev–Trinajstić information content (AvgIpc) is 3.09. The standard InChI is InChI=1S/C18H21N2/c1-14-7-6-8-15(2)18(14)20-12-11-19(13-20)16(3)17-9-4-5-10-17/h4-13,16-17H,1-3H3/q+1. The Hall–Kier alpha value is -2.09. The molecule has 0 fully saturated rings. The molecule has 0 N–H and O–H groups in total. The van der Waals surface area contributed by atoms with Crippen LogP contribution < -0.4 is 4.57 Å². The first-order chi connectivity index (χ1) is 9.66. The lowest BCUT2D eigenvalue weighted by atomic mass is 10.0. The number of aromatic nitrogens is 2. The molecule has 0 aliphatic heterocycles. The second-order valence-electron chi connectivity index (χ2n) is 5.60. The Bertz CT molecular complexity index is 644. The quantitative estimate of drug-likeness (QED) is 0.749. The molecule has 0 bridgehead atoms. The van der Waals surface area contributed by atoms with E-state index in [0.717, 1.165) is 0 Å². The molecule has 2 heteroatoms. The molecule has 20 heavy (non-hydrogen) atoms. The van der Waals surface area contributed by atoms with Crippen LogP contribution >= 0.6 is 0 Å². The third-order valence-corrected chi connectivity index (χ3v) is 4.16. The molecular formula is C18H21N2+. The van der Waals surface area contributed by atoms with Crippen molar-refractivity contribution in [3.63, 3.8) is 0 Å². The van der Waals surface area contributed by atoms with Crippen LogP contribution in [0.4, 0.5) is 0 Å². The van der Waals surface area contributed by atoms with E-state index in [4.69, 9.17) is 0 Å². The lowest BCUT2D eigenvalue weighted by Gasteiger charge is -2.12. The highest BCUT2D eigenvalue weighted by atomic mass is 15.1. The average molecular weight is 265 g/mol. The summed E-state index contributed by atoms with van der Waals surface area (Å²) in [4.78, 5) is 0. The maximum Gasteiger partial charge on any atom is 0.249 e. The minimum atomic E-state index is 0.440. The van der Waals surface area contributed by atoms with Gasteiger partial charge in [-0.25, -0.2) is 9.13 Å². The van der Waals surface area contributed by atoms with Crippen molar-refractivity contribution in [3.05, 3.63) is 72.4 Å². The van der Waals surface area contributed by atoms with E-state index in [1.807, 2.05) is 0 Å². The van der Waals surface area contributed by atoms with Gasteiger partial charge in [0.2, 0.25) is 6.33 Å². The highest BCUT2D eigenvalue weighted by Gasteiger charge is 2.21. The van der Waals surface area contributed by atoms with Gasteiger partial charge in [-0.15, -0.1) is 0 Å². The second kappa shape index (κ2) is 5.12. The molecule has 0 saturated carbocycles. The summed E-state index contributed by atoms with van der Waals surface area (Å²) < 4.78 is 4.51. The molecule has 1 aliphatic rings. The Morgan fingerprint density at radius 2 is 1.75 bits per heavy atom. The Kier molecular flexibility index (Phi) is 3.31. The molecule has 2 aromatic rings. The van der Waals surface area contributed by atoms with Gasteiger partial charge in [-0.2, -0.15) is 0 Å². The molecule has 0 spiro atoms. The van der Waals surface area contributed by atoms with E-state index in [1.54, 1.807) is 0 Å². The van der Waals surface area contributed by atoms with Gasteiger partial charge in [0.15, 0.2) is 0 Å². The molecular weight excluding hydrogens is 244 g/mol. The second-order valence-corrected chi connectivity index (χ2v) is 5.60. The van der Waals surface area contributed by atoms with Crippen LogP contribution in [0.25, 0.3) is 5.69 Å². The van der Waals surface area contributed by atoms with Gasteiger partial charge in [0.1, 0.15) is 24.1 Å². The summed E-state index contributed by atoms with van der Waals surface area (Å²) in [5.41, 5.74) is 3.90. The number of hydrogen-bond acceptors (Lipinski definition) is 0. The molecule has 1 aromatic heterocycles. The van der Waals surface area contributed by atoms with E-state index in [9.17, 15) is 0 Å². The highest BCUT2D eigenvalue weighted by Crippen LogP contribution is 2.21. The smallest absolute Gasteiger partial charge is 0.233 e. The molecule has 102 valence electrons. The zero-order chi connectivity index (χ0) is 14.1. The first-order valence-electron chi connectivity index (χ1n) is 7.17. The topological polar surface area (TPSA) is 8.81 Å². The van der Waals surface area contributed by atoms with Crippen molar-refractivity contribution in [3.8, 4) is 5.69 Å². The Morgan fingerprint density at radius 1 is 1.10 bits per heavy atom. The monoisotopic (exact) mass is 265 g/mol. The largest absolute Gasteiger partial charge is 0.249 e. The molecule has 1 unspecified atom stereocenters. The van der Waals surface area contributed by atoms with E-state index in [-0.39, 0.29) is 0 Å². The molecule has 1 atom stereocenters. The molecule has 1 aliphatic carbocycles. The zero-order valence-corrected chi connectivity index (χ0v) is 12.3. The van der Waals surface area contributed by atoms with Crippen molar-refractivity contribution < 1.29 is 4.57 Å². The predicted molar refractivity (Wildman–Crippen MR) is 81.9 cm³/mol. The number of hydrogen-bond donors (Lipinski definition) is 0. The van der Waals surface area contributed by atoms with E-state index in [1.165, 1.54) is 16.8 Å². The maximum atomic E-state index is 2.29. The van der Waals surface area contributed by atoms with Gasteiger partial charge in [0.25, 0.3) is 0 Å². The third kappa shape index (κ3) is 2.22. The Morgan fingerprint density at radius 3 is 2.40 bits per heavy atom. The Balaban J connectivity index is 1.94. The van der Waals surface area contributed by atoms with Gasteiger partial charge in [-0.05, 0) is 31.9 Å². The van der Waals surface area contributed by atoms with Crippen LogP contribution in [0.5, 0.6) is 0 Å². The first-order valence-corrected chi connectivity index (χ1v) is 7.17. The third-order valence-electron chi connectivity index (χ3n) is 4.16. The van der Waals surface area contributed by atoms with Gasteiger partial charge in [-0.1, -0.05) is 42.5 Å². The predicted octanol–water partition coefficient (Wildman–Crippen LogP) is 3.68. The van der Waals surface area contributed by atoms with Gasteiger partial charge >= 0.3 is 0 Å². The number of imidazole rings is 1. The van der Waals surface area contributed by atoms with E-state index in [2.05, 4.69) is 91.1 Å². The molecule has 2 nitrogen and oxygen atoms in total. The van der Waals surface area contributed by atoms with Crippen LogP contribution in [0.3, 0.4) is 0 Å². The number of para-hydroxylation sites is 1. The molecule has 1 heterocycles. The van der Waals surface area contributed by atoms with Crippen LogP contribution in [0.15, 0.2) is 61.2 Å². The van der Waals surface area contributed by atoms with Crippen LogP contribution in [0, 0.1) is 19.8 Å². The minimum absolute atomic E-state index is 0.440. The number of allylic oxidation sites excluding steroid dienone is 4. The zero-order valence-electron chi connectivity index (χ0n) is 12.3. The fourth-order valence-electron chi connectivity index (χ4n) is 2.92. The van der Waals surface area contributed by atoms with Crippen LogP contribution in [-0.4, -0.2) is 4.57 Å². The van der Waals surface area contributed by atoms with Crippen molar-refractivity contribution in [1.29, 1.82) is 0 Å². The minimum Gasteiger partial charge on any atom is -0.233 e. The Labute approximate surface area is 120 Å². The fourth-order valence-corrected chi connectivity index (χ4v) is 2.92. The SMILES string of the molecule is Cc1cccc(C)c1-n1cc[n+](C(C)C2C=CC=C2)c1. The molecule has 0 saturated heterocycles. The summed E-state index contributed by atoms with van der Waals surface area (Å²) in [6.45, 7) is 6.59. The van der Waals surface area contributed by atoms with Gasteiger partial charge in [0, 0.05) is 5.92 Å². The lowest BCUT2D eigenvalue weighted by Crippen LogP contribution is -2.38. The highest BCUT2D eigenvalue weighted by molar-refractivity contribution is 5.46. The van der Waals surface area contributed by atoms with E-state index >= 15 is 0 Å². The van der Waals surface area contributed by atoms with Crippen molar-refractivity contribution in [1.82, 2.24) is 4.57 Å². The number of benzene rings is 1. The molecule has 1 aromatic carbocycles. The number of rotatable bonds is 3. The van der Waals surface area contributed by atoms with Crippen molar-refractivity contribution in [2.45, 2.75) is 26.8 Å². The van der Waals surface area contributed by atoms with Crippen molar-refractivity contribution in [2.75, 3.05) is 0 Å². The van der Waals surface area contributed by atoms with Crippen LogP contribution in [-0.2, 0) is 0 Å². The summed E-state index contributed by atoms with van der Waals surface area (Å²) in [6, 6.07) is 6.88. The molecule has 0 radical (unpaired) electrons. The summed E-state index contributed by atoms with van der Waals surface area (Å²) in [7, 11) is 0. The summed E-state index contributed by atoms with van der Waals surface area (Å²) in [5.74, 6) is 0.494. The first kappa shape index (κ1) is 12.9. The lowest BCUT2D eigenvalue weighted by molar-refractivity contribution is -0.722. The number of nitrogens with zero attached hydrogens (tertiary/aromatic N) is 2. The summed E-state index contributed by atoms with van der Waals surface area (Å²) in [6.07, 6.45) is 15.3. The van der Waals surface area contributed by atoms with Crippen molar-refractivity contribution in [2.24, 2.45) is 5.92 Å². The van der Waals surface area contributed by atoms with Gasteiger partial charge in [-0.3, -0.25) is 0 Å². The maximum absolute atomic E-state index is 2.29. The normalized spacial score (nSPS) is 15.9. The number of aryl methyl sites for hydroxylation is 2. The van der Waals surface area contributed by atoms with E-state index < -0.39 is 0 Å². The van der Waals surface area contributed by atoms with E-state index in [0.29, 0.717) is 12.0 Å². The fraction of sp³-hybridized carbons (Fsp3) is 0.278. The summed E-state index contributed by atoms with van der Waals surface area (Å²) >= 11 is 0.